The first-order valence-corrected chi connectivity index (χ1v) is 18.7. The van der Waals surface area contributed by atoms with E-state index in [0.717, 1.165) is 27.8 Å². The van der Waals surface area contributed by atoms with Gasteiger partial charge in [-0.2, -0.15) is 0 Å². The van der Waals surface area contributed by atoms with Crippen LogP contribution >= 0.6 is 0 Å². The standard InChI is InChI=1S/C51H41N3/c1-50(2)45-31-30-38(33-44(45)43-29-17-28-42(46(43)51(50,3)4)34-18-8-5-9-19-34)41-27-15-14-26-40(41)37-24-16-25-39(32-37)49-53-47(35-20-10-6-11-21-35)52-48(54-49)36-22-12-7-13-23-36/h5-33H,1-4H3. The minimum atomic E-state index is -0.103. The fourth-order valence-corrected chi connectivity index (χ4v) is 8.19. The third-order valence-corrected chi connectivity index (χ3v) is 11.7. The van der Waals surface area contributed by atoms with Crippen molar-refractivity contribution in [2.24, 2.45) is 0 Å². The summed E-state index contributed by atoms with van der Waals surface area (Å²) in [7, 11) is 0. The van der Waals surface area contributed by atoms with Gasteiger partial charge in [0.1, 0.15) is 0 Å². The van der Waals surface area contributed by atoms with Crippen LogP contribution in [0, 0.1) is 0 Å². The van der Waals surface area contributed by atoms with E-state index in [1.165, 1.54) is 44.5 Å². The predicted molar refractivity (Wildman–Crippen MR) is 224 cm³/mol. The van der Waals surface area contributed by atoms with E-state index in [0.29, 0.717) is 17.5 Å². The van der Waals surface area contributed by atoms with Crippen LogP contribution in [0.4, 0.5) is 0 Å². The van der Waals surface area contributed by atoms with Crippen LogP contribution in [-0.4, -0.2) is 15.0 Å². The van der Waals surface area contributed by atoms with Crippen LogP contribution in [0.25, 0.3) is 78.7 Å². The van der Waals surface area contributed by atoms with Crippen LogP contribution in [-0.2, 0) is 10.8 Å². The lowest BCUT2D eigenvalue weighted by atomic mass is 9.54. The second kappa shape index (κ2) is 13.2. The zero-order valence-corrected chi connectivity index (χ0v) is 31.1. The maximum atomic E-state index is 5.02. The highest BCUT2D eigenvalue weighted by atomic mass is 15.0. The molecule has 0 fully saturated rings. The highest BCUT2D eigenvalue weighted by Gasteiger charge is 2.47. The monoisotopic (exact) mass is 695 g/mol. The zero-order valence-electron chi connectivity index (χ0n) is 31.1. The van der Waals surface area contributed by atoms with Crippen molar-refractivity contribution in [1.29, 1.82) is 0 Å². The largest absolute Gasteiger partial charge is 0.208 e. The van der Waals surface area contributed by atoms with Gasteiger partial charge in [-0.1, -0.05) is 191 Å². The van der Waals surface area contributed by atoms with E-state index >= 15 is 0 Å². The van der Waals surface area contributed by atoms with Crippen molar-refractivity contribution in [3.8, 4) is 78.7 Å². The van der Waals surface area contributed by atoms with E-state index in [9.17, 15) is 0 Å². The smallest absolute Gasteiger partial charge is 0.164 e. The van der Waals surface area contributed by atoms with E-state index in [1.54, 1.807) is 0 Å². The van der Waals surface area contributed by atoms with Gasteiger partial charge in [-0.3, -0.25) is 0 Å². The second-order valence-electron chi connectivity index (χ2n) is 15.3. The second-order valence-corrected chi connectivity index (χ2v) is 15.3. The summed E-state index contributed by atoms with van der Waals surface area (Å²) < 4.78 is 0. The molecule has 0 aliphatic heterocycles. The van der Waals surface area contributed by atoms with Crippen LogP contribution in [0.2, 0.25) is 0 Å². The number of aromatic nitrogens is 3. The summed E-state index contributed by atoms with van der Waals surface area (Å²) in [5, 5.41) is 0. The van der Waals surface area contributed by atoms with Gasteiger partial charge in [0.25, 0.3) is 0 Å². The average Bonchev–Trinajstić information content (AvgIpc) is 3.23. The molecule has 1 heterocycles. The lowest BCUT2D eigenvalue weighted by Crippen LogP contribution is -2.44. The third kappa shape index (κ3) is 5.64. The minimum Gasteiger partial charge on any atom is -0.208 e. The van der Waals surface area contributed by atoms with Gasteiger partial charge in [-0.15, -0.1) is 0 Å². The fraction of sp³-hybridized carbons (Fsp3) is 0.118. The Bertz CT molecular complexity index is 2580. The van der Waals surface area contributed by atoms with Crippen LogP contribution in [0.5, 0.6) is 0 Å². The number of fused-ring (bicyclic) bond motifs is 3. The first kappa shape index (κ1) is 33.4. The molecule has 7 aromatic carbocycles. The molecule has 3 heteroatoms. The van der Waals surface area contributed by atoms with Crippen molar-refractivity contribution in [3.05, 3.63) is 187 Å². The Hall–Kier alpha value is -6.45. The summed E-state index contributed by atoms with van der Waals surface area (Å²) in [6.07, 6.45) is 0. The number of rotatable bonds is 6. The van der Waals surface area contributed by atoms with Crippen LogP contribution in [0.3, 0.4) is 0 Å². The summed E-state index contributed by atoms with van der Waals surface area (Å²) >= 11 is 0. The number of hydrogen-bond donors (Lipinski definition) is 0. The van der Waals surface area contributed by atoms with Gasteiger partial charge in [0.15, 0.2) is 17.5 Å². The highest BCUT2D eigenvalue weighted by Crippen LogP contribution is 2.56. The van der Waals surface area contributed by atoms with Gasteiger partial charge < -0.3 is 0 Å². The van der Waals surface area contributed by atoms with Crippen molar-refractivity contribution in [3.63, 3.8) is 0 Å². The Morgan fingerprint density at radius 2 is 0.722 bits per heavy atom. The molecule has 0 N–H and O–H groups in total. The van der Waals surface area contributed by atoms with E-state index in [4.69, 9.17) is 15.0 Å². The molecule has 9 rings (SSSR count). The highest BCUT2D eigenvalue weighted by molar-refractivity contribution is 5.91. The normalized spacial score (nSPS) is 13.9. The summed E-state index contributed by atoms with van der Waals surface area (Å²) in [6.45, 7) is 9.64. The lowest BCUT2D eigenvalue weighted by Gasteiger charge is -2.49. The maximum absolute atomic E-state index is 5.02. The van der Waals surface area contributed by atoms with Gasteiger partial charge in [0.05, 0.1) is 0 Å². The van der Waals surface area contributed by atoms with Crippen LogP contribution in [0.15, 0.2) is 176 Å². The molecule has 0 atom stereocenters. The van der Waals surface area contributed by atoms with Crippen molar-refractivity contribution >= 4 is 0 Å². The SMILES string of the molecule is CC1(C)c2ccc(-c3ccccc3-c3cccc(-c4nc(-c5ccccc5)nc(-c5ccccc5)n4)c3)cc2-c2cccc(-c3ccccc3)c2C1(C)C. The van der Waals surface area contributed by atoms with Gasteiger partial charge in [0, 0.05) is 22.1 Å². The minimum absolute atomic E-state index is 0.0998. The Morgan fingerprint density at radius 3 is 1.31 bits per heavy atom. The third-order valence-electron chi connectivity index (χ3n) is 11.7. The molecule has 0 saturated heterocycles. The Kier molecular flexibility index (Phi) is 8.16. The number of benzene rings is 7. The van der Waals surface area contributed by atoms with Gasteiger partial charge >= 0.3 is 0 Å². The maximum Gasteiger partial charge on any atom is 0.164 e. The molecule has 1 aromatic heterocycles. The summed E-state index contributed by atoms with van der Waals surface area (Å²) in [5.74, 6) is 1.95. The summed E-state index contributed by atoms with van der Waals surface area (Å²) in [6, 6.07) is 62.4. The van der Waals surface area contributed by atoms with E-state index < -0.39 is 0 Å². The zero-order chi connectivity index (χ0) is 36.9. The molecule has 0 bridgehead atoms. The molecule has 0 spiro atoms. The van der Waals surface area contributed by atoms with Gasteiger partial charge in [0.2, 0.25) is 0 Å². The predicted octanol–water partition coefficient (Wildman–Crippen LogP) is 13.1. The molecule has 260 valence electrons. The topological polar surface area (TPSA) is 38.7 Å². The molecule has 1 aliphatic rings. The number of nitrogens with zero attached hydrogens (tertiary/aromatic N) is 3. The molecule has 3 nitrogen and oxygen atoms in total. The Labute approximate surface area is 318 Å². The Balaban J connectivity index is 1.17. The van der Waals surface area contributed by atoms with Gasteiger partial charge in [-0.05, 0) is 73.2 Å². The molecule has 0 saturated carbocycles. The molecular formula is C51H41N3. The van der Waals surface area contributed by atoms with Crippen molar-refractivity contribution in [2.75, 3.05) is 0 Å². The Morgan fingerprint density at radius 1 is 0.296 bits per heavy atom. The average molecular weight is 696 g/mol. The molecule has 0 amide bonds. The molecule has 0 unspecified atom stereocenters. The fourth-order valence-electron chi connectivity index (χ4n) is 8.19. The molecule has 8 aromatic rings. The first-order valence-electron chi connectivity index (χ1n) is 18.7. The van der Waals surface area contributed by atoms with E-state index in [1.807, 2.05) is 60.7 Å². The van der Waals surface area contributed by atoms with Crippen LogP contribution in [0.1, 0.15) is 38.8 Å². The molecular weight excluding hydrogens is 655 g/mol. The molecule has 1 aliphatic carbocycles. The van der Waals surface area contributed by atoms with Gasteiger partial charge in [-0.25, -0.2) is 15.0 Å². The molecule has 54 heavy (non-hydrogen) atoms. The number of hydrogen-bond acceptors (Lipinski definition) is 3. The summed E-state index contributed by atoms with van der Waals surface area (Å²) in [5.41, 5.74) is 15.3. The van der Waals surface area contributed by atoms with Crippen molar-refractivity contribution in [1.82, 2.24) is 15.0 Å². The summed E-state index contributed by atoms with van der Waals surface area (Å²) in [4.78, 5) is 14.9. The van der Waals surface area contributed by atoms with E-state index in [-0.39, 0.29) is 10.8 Å². The van der Waals surface area contributed by atoms with Crippen molar-refractivity contribution < 1.29 is 0 Å². The quantitative estimate of drug-likeness (QED) is 0.174. The first-order chi connectivity index (χ1) is 26.3. The molecule has 0 radical (unpaired) electrons. The van der Waals surface area contributed by atoms with E-state index in [2.05, 4.69) is 143 Å². The lowest BCUT2D eigenvalue weighted by molar-refractivity contribution is 0.300. The van der Waals surface area contributed by atoms with Crippen molar-refractivity contribution in [2.45, 2.75) is 38.5 Å². The van der Waals surface area contributed by atoms with Crippen LogP contribution < -0.4 is 0 Å².